The van der Waals surface area contributed by atoms with E-state index in [0.717, 1.165) is 10.8 Å². The number of alkyl halides is 5. The van der Waals surface area contributed by atoms with Gasteiger partial charge in [0.2, 0.25) is 5.88 Å². The lowest BCUT2D eigenvalue weighted by Gasteiger charge is -2.38. The number of aliphatic carboxylic acids is 1. The molecule has 2 aromatic carbocycles. The Kier molecular flexibility index (Phi) is 6.96. The van der Waals surface area contributed by atoms with Crippen molar-refractivity contribution >= 4 is 33.7 Å². The summed E-state index contributed by atoms with van der Waals surface area (Å²) in [7, 11) is 0. The minimum absolute atomic E-state index is 0.0542. The predicted octanol–water partition coefficient (Wildman–Crippen LogP) is 4.67. The van der Waals surface area contributed by atoms with Crippen molar-refractivity contribution in [2.24, 2.45) is 0 Å². The van der Waals surface area contributed by atoms with E-state index in [4.69, 9.17) is 14.6 Å². The number of carbonyl (C=O) groups excluding carboxylic acids is 1. The summed E-state index contributed by atoms with van der Waals surface area (Å²) in [5.41, 5.74) is 1.65. The van der Waals surface area contributed by atoms with Crippen LogP contribution < -0.4 is 4.74 Å². The number of aromatic nitrogens is 3. The number of para-hydroxylation sites is 2. The largest absolute Gasteiger partial charge is 0.490 e. The molecule has 1 atom stereocenters. The predicted molar refractivity (Wildman–Crippen MR) is 121 cm³/mol. The number of rotatable bonds is 3. The Morgan fingerprint density at radius 2 is 1.76 bits per heavy atom. The number of nitrogens with one attached hydrogen (secondary N) is 1. The molecule has 3 heterocycles. The van der Waals surface area contributed by atoms with Crippen molar-refractivity contribution in [3.8, 4) is 5.88 Å². The van der Waals surface area contributed by atoms with Crippen molar-refractivity contribution < 1.29 is 41.4 Å². The summed E-state index contributed by atoms with van der Waals surface area (Å²) in [6, 6.07) is 16.0. The van der Waals surface area contributed by atoms with E-state index in [1.165, 1.54) is 4.90 Å². The fourth-order valence-electron chi connectivity index (χ4n) is 3.75. The number of hydrogen-bond donors (Lipinski definition) is 2. The van der Waals surface area contributed by atoms with Crippen molar-refractivity contribution in [2.45, 2.75) is 24.6 Å². The van der Waals surface area contributed by atoms with Crippen molar-refractivity contribution in [3.05, 3.63) is 66.4 Å². The SMILES string of the molecule is O=C(O)C(F)(F)F.O=C(c1cccc2cn[nH]c12)N1CCC(F)(F)C(Oc2ccc3ccccc3n2)C1. The van der Waals surface area contributed by atoms with Crippen LogP contribution in [0.2, 0.25) is 0 Å². The monoisotopic (exact) mass is 522 g/mol. The van der Waals surface area contributed by atoms with Crippen LogP contribution in [-0.4, -0.2) is 68.4 Å². The van der Waals surface area contributed by atoms with Gasteiger partial charge >= 0.3 is 12.1 Å². The van der Waals surface area contributed by atoms with E-state index in [0.29, 0.717) is 16.6 Å². The number of aromatic amines is 1. The zero-order chi connectivity index (χ0) is 26.8. The van der Waals surface area contributed by atoms with E-state index in [9.17, 15) is 26.7 Å². The fraction of sp³-hybridized carbons (Fsp3) is 0.250. The van der Waals surface area contributed by atoms with Crippen LogP contribution in [0.25, 0.3) is 21.8 Å². The lowest BCUT2D eigenvalue weighted by atomic mass is 10.0. The van der Waals surface area contributed by atoms with Gasteiger partial charge in [0, 0.05) is 29.8 Å². The van der Waals surface area contributed by atoms with Gasteiger partial charge in [0.25, 0.3) is 11.8 Å². The molecule has 5 rings (SSSR count). The lowest BCUT2D eigenvalue weighted by Crippen LogP contribution is -2.55. The molecule has 8 nitrogen and oxygen atoms in total. The molecule has 2 aromatic heterocycles. The first-order chi connectivity index (χ1) is 17.5. The van der Waals surface area contributed by atoms with Crippen LogP contribution in [0.1, 0.15) is 16.8 Å². The Hall–Kier alpha value is -4.29. The minimum atomic E-state index is -5.08. The van der Waals surface area contributed by atoms with Gasteiger partial charge in [-0.2, -0.15) is 18.3 Å². The number of pyridine rings is 1. The number of carboxylic acids is 1. The highest BCUT2D eigenvalue weighted by Gasteiger charge is 2.47. The summed E-state index contributed by atoms with van der Waals surface area (Å²) < 4.78 is 66.5. The summed E-state index contributed by atoms with van der Waals surface area (Å²) in [6.45, 7) is -0.285. The van der Waals surface area contributed by atoms with Gasteiger partial charge in [-0.25, -0.2) is 18.6 Å². The van der Waals surface area contributed by atoms with E-state index >= 15 is 0 Å². The number of hydrogen-bond acceptors (Lipinski definition) is 5. The normalized spacial score (nSPS) is 17.2. The van der Waals surface area contributed by atoms with Gasteiger partial charge < -0.3 is 14.7 Å². The molecule has 2 N–H and O–H groups in total. The van der Waals surface area contributed by atoms with Gasteiger partial charge in [-0.15, -0.1) is 0 Å². The van der Waals surface area contributed by atoms with Crippen LogP contribution in [0.5, 0.6) is 5.88 Å². The molecular formula is C24H19F5N4O4. The molecular weight excluding hydrogens is 503 g/mol. The Morgan fingerprint density at radius 3 is 2.49 bits per heavy atom. The number of carboxylic acid groups (broad SMARTS) is 1. The highest BCUT2D eigenvalue weighted by molar-refractivity contribution is 6.05. The third-order valence-corrected chi connectivity index (χ3v) is 5.64. The third-order valence-electron chi connectivity index (χ3n) is 5.64. The number of halogens is 5. The van der Waals surface area contributed by atoms with Crippen LogP contribution in [0.4, 0.5) is 22.0 Å². The average Bonchev–Trinajstić information content (AvgIpc) is 3.34. The van der Waals surface area contributed by atoms with Gasteiger partial charge in [-0.3, -0.25) is 9.89 Å². The van der Waals surface area contributed by atoms with Gasteiger partial charge in [0.15, 0.2) is 6.10 Å². The van der Waals surface area contributed by atoms with E-state index in [-0.39, 0.29) is 24.9 Å². The quantitative estimate of drug-likeness (QED) is 0.379. The molecule has 0 radical (unpaired) electrons. The molecule has 1 fully saturated rings. The average molecular weight is 522 g/mol. The maximum Gasteiger partial charge on any atom is 0.490 e. The van der Waals surface area contributed by atoms with Crippen molar-refractivity contribution in [1.82, 2.24) is 20.1 Å². The molecule has 0 spiro atoms. The van der Waals surface area contributed by atoms with E-state index in [2.05, 4.69) is 15.2 Å². The number of ether oxygens (including phenoxy) is 1. The first kappa shape index (κ1) is 25.8. The molecule has 4 aromatic rings. The molecule has 0 bridgehead atoms. The Balaban J connectivity index is 0.000000405. The van der Waals surface area contributed by atoms with E-state index in [1.54, 1.807) is 36.5 Å². The summed E-state index contributed by atoms with van der Waals surface area (Å²) in [4.78, 5) is 27.7. The molecule has 1 aliphatic rings. The van der Waals surface area contributed by atoms with E-state index < -0.39 is 30.6 Å². The van der Waals surface area contributed by atoms with Gasteiger partial charge in [0.05, 0.1) is 29.3 Å². The molecule has 13 heteroatoms. The zero-order valence-corrected chi connectivity index (χ0v) is 18.9. The van der Waals surface area contributed by atoms with Crippen LogP contribution in [0, 0.1) is 0 Å². The number of piperidine rings is 1. The maximum absolute atomic E-state index is 14.6. The zero-order valence-electron chi connectivity index (χ0n) is 18.9. The Morgan fingerprint density at radius 1 is 1.05 bits per heavy atom. The van der Waals surface area contributed by atoms with E-state index in [1.807, 2.05) is 24.3 Å². The van der Waals surface area contributed by atoms with Gasteiger partial charge in [-0.1, -0.05) is 30.3 Å². The Labute approximate surface area is 205 Å². The van der Waals surface area contributed by atoms with Crippen LogP contribution in [0.3, 0.4) is 0 Å². The second-order valence-corrected chi connectivity index (χ2v) is 8.15. The minimum Gasteiger partial charge on any atom is -0.475 e. The highest BCUT2D eigenvalue weighted by atomic mass is 19.4. The van der Waals surface area contributed by atoms with Gasteiger partial charge in [-0.05, 0) is 18.2 Å². The molecule has 0 aliphatic carbocycles. The highest BCUT2D eigenvalue weighted by Crippen LogP contribution is 2.33. The lowest BCUT2D eigenvalue weighted by molar-refractivity contribution is -0.192. The molecule has 1 amide bonds. The first-order valence-electron chi connectivity index (χ1n) is 10.9. The van der Waals surface area contributed by atoms with Crippen LogP contribution in [-0.2, 0) is 4.79 Å². The molecule has 0 saturated carbocycles. The molecule has 1 saturated heterocycles. The summed E-state index contributed by atoms with van der Waals surface area (Å²) in [5.74, 6) is -6.04. The molecule has 1 unspecified atom stereocenters. The number of fused-ring (bicyclic) bond motifs is 2. The molecule has 37 heavy (non-hydrogen) atoms. The number of carbonyl (C=O) groups is 2. The fourth-order valence-corrected chi connectivity index (χ4v) is 3.75. The second-order valence-electron chi connectivity index (χ2n) is 8.15. The number of likely N-dealkylation sites (tertiary alicyclic amines) is 1. The van der Waals surface area contributed by atoms with Gasteiger partial charge in [0.1, 0.15) is 0 Å². The third kappa shape index (κ3) is 5.76. The van der Waals surface area contributed by atoms with Crippen LogP contribution >= 0.6 is 0 Å². The number of benzene rings is 2. The first-order valence-corrected chi connectivity index (χ1v) is 10.9. The summed E-state index contributed by atoms with van der Waals surface area (Å²) >= 11 is 0. The molecule has 194 valence electrons. The van der Waals surface area contributed by atoms with Crippen molar-refractivity contribution in [1.29, 1.82) is 0 Å². The van der Waals surface area contributed by atoms with Crippen molar-refractivity contribution in [3.63, 3.8) is 0 Å². The summed E-state index contributed by atoms with van der Waals surface area (Å²) in [6.07, 6.45) is -5.42. The molecule has 1 aliphatic heterocycles. The van der Waals surface area contributed by atoms with Crippen LogP contribution in [0.15, 0.2) is 60.8 Å². The summed E-state index contributed by atoms with van der Waals surface area (Å²) in [5, 5.41) is 15.6. The Bertz CT molecular complexity index is 1440. The number of H-pyrrole nitrogens is 1. The standard InChI is InChI=1S/C22H18F2N4O2.C2HF3O2/c23-22(24)10-11-28(21(29)16-6-3-5-15-12-25-27-20(15)16)13-18(22)30-19-9-8-14-4-1-2-7-17(14)26-19;3-2(4,5)1(6)7/h1-9,12,18H,10-11,13H2,(H,25,27);(H,6,7). The number of nitrogens with zero attached hydrogens (tertiary/aromatic N) is 3. The van der Waals surface area contributed by atoms with Crippen molar-refractivity contribution in [2.75, 3.05) is 13.1 Å². The second kappa shape index (κ2) is 9.99. The smallest absolute Gasteiger partial charge is 0.475 e. The topological polar surface area (TPSA) is 108 Å². The number of amides is 1. The maximum atomic E-state index is 14.6.